The summed E-state index contributed by atoms with van der Waals surface area (Å²) in [5.41, 5.74) is 1.73. The van der Waals surface area contributed by atoms with Crippen LogP contribution in [-0.4, -0.2) is 18.8 Å². The second-order valence-corrected chi connectivity index (χ2v) is 5.74. The van der Waals surface area contributed by atoms with E-state index in [2.05, 4.69) is 5.32 Å². The Morgan fingerprint density at radius 3 is 2.57 bits per heavy atom. The third-order valence-corrected chi connectivity index (χ3v) is 4.01. The Morgan fingerprint density at radius 1 is 1.33 bits per heavy atom. The molecule has 0 aliphatic carbocycles. The number of benzene rings is 1. The Balaban J connectivity index is 1.99. The molecule has 2 nitrogen and oxygen atoms in total. The maximum Gasteiger partial charge on any atom is 0.422 e. The lowest BCUT2D eigenvalue weighted by molar-refractivity contribution is -0.153. The van der Waals surface area contributed by atoms with Gasteiger partial charge in [-0.15, -0.1) is 0 Å². The van der Waals surface area contributed by atoms with E-state index in [1.165, 1.54) is 0 Å². The van der Waals surface area contributed by atoms with Crippen LogP contribution < -0.4 is 10.1 Å². The zero-order valence-electron chi connectivity index (χ0n) is 11.8. The first-order chi connectivity index (χ1) is 9.76. The molecule has 2 atom stereocenters. The largest absolute Gasteiger partial charge is 0.484 e. The summed E-state index contributed by atoms with van der Waals surface area (Å²) >= 11 is 6.04. The van der Waals surface area contributed by atoms with Crippen molar-refractivity contribution >= 4 is 11.6 Å². The van der Waals surface area contributed by atoms with Crippen LogP contribution in [0.2, 0.25) is 0 Å². The van der Waals surface area contributed by atoms with Crippen molar-refractivity contribution in [3.63, 3.8) is 0 Å². The molecule has 2 unspecified atom stereocenters. The lowest BCUT2D eigenvalue weighted by atomic mass is 9.96. The molecule has 2 rings (SSSR count). The Kier molecular flexibility index (Phi) is 4.71. The van der Waals surface area contributed by atoms with Crippen LogP contribution >= 0.6 is 11.6 Å². The molecule has 0 spiro atoms. The van der Waals surface area contributed by atoms with Gasteiger partial charge in [0, 0.05) is 23.2 Å². The van der Waals surface area contributed by atoms with E-state index in [-0.39, 0.29) is 17.7 Å². The SMILES string of the molecule is Cc1cc(CC2NC=C(Cl)C2C)ccc1OCC(F)(F)F. The van der Waals surface area contributed by atoms with Gasteiger partial charge in [-0.2, -0.15) is 13.2 Å². The van der Waals surface area contributed by atoms with E-state index < -0.39 is 12.8 Å². The van der Waals surface area contributed by atoms with Crippen LogP contribution in [0.15, 0.2) is 29.4 Å². The van der Waals surface area contributed by atoms with Crippen molar-refractivity contribution in [2.24, 2.45) is 5.92 Å². The minimum atomic E-state index is -4.32. The minimum Gasteiger partial charge on any atom is -0.484 e. The van der Waals surface area contributed by atoms with E-state index in [0.29, 0.717) is 5.56 Å². The molecule has 1 aliphatic heterocycles. The normalized spacial score (nSPS) is 21.9. The van der Waals surface area contributed by atoms with E-state index in [1.807, 2.05) is 13.0 Å². The van der Waals surface area contributed by atoms with E-state index in [0.717, 1.165) is 17.0 Å². The predicted octanol–water partition coefficient (Wildman–Crippen LogP) is 4.17. The second kappa shape index (κ2) is 6.18. The summed E-state index contributed by atoms with van der Waals surface area (Å²) in [6.45, 7) is 2.51. The van der Waals surface area contributed by atoms with Crippen LogP contribution in [0.4, 0.5) is 13.2 Å². The monoisotopic (exact) mass is 319 g/mol. The number of hydrogen-bond acceptors (Lipinski definition) is 2. The van der Waals surface area contributed by atoms with Crippen LogP contribution in [0.5, 0.6) is 5.75 Å². The van der Waals surface area contributed by atoms with Crippen molar-refractivity contribution in [2.45, 2.75) is 32.5 Å². The van der Waals surface area contributed by atoms with Gasteiger partial charge in [0.25, 0.3) is 0 Å². The Morgan fingerprint density at radius 2 is 2.05 bits per heavy atom. The third kappa shape index (κ3) is 4.30. The van der Waals surface area contributed by atoms with E-state index in [1.54, 1.807) is 25.3 Å². The summed E-state index contributed by atoms with van der Waals surface area (Å²) in [6, 6.07) is 5.44. The summed E-state index contributed by atoms with van der Waals surface area (Å²) in [6.07, 6.45) is -1.77. The summed E-state index contributed by atoms with van der Waals surface area (Å²) < 4.78 is 41.2. The Bertz CT molecular complexity index is 542. The molecular formula is C15H17ClF3NO. The summed E-state index contributed by atoms with van der Waals surface area (Å²) in [7, 11) is 0. The Hall–Kier alpha value is -1.36. The number of hydrogen-bond donors (Lipinski definition) is 1. The molecule has 0 radical (unpaired) electrons. The van der Waals surface area contributed by atoms with Gasteiger partial charge in [0.1, 0.15) is 5.75 Å². The lowest BCUT2D eigenvalue weighted by Gasteiger charge is -2.18. The van der Waals surface area contributed by atoms with Crippen LogP contribution in [0.1, 0.15) is 18.1 Å². The van der Waals surface area contributed by atoms with E-state index >= 15 is 0 Å². The van der Waals surface area contributed by atoms with Gasteiger partial charge in [-0.1, -0.05) is 30.7 Å². The molecule has 0 saturated carbocycles. The topological polar surface area (TPSA) is 21.3 Å². The van der Waals surface area contributed by atoms with E-state index in [9.17, 15) is 13.2 Å². The lowest BCUT2D eigenvalue weighted by Crippen LogP contribution is -2.28. The number of ether oxygens (including phenoxy) is 1. The molecule has 0 amide bonds. The number of halogens is 4. The fourth-order valence-corrected chi connectivity index (χ4v) is 2.52. The van der Waals surface area contributed by atoms with Gasteiger partial charge in [-0.25, -0.2) is 0 Å². The number of nitrogens with one attached hydrogen (secondary N) is 1. The first kappa shape index (κ1) is 16.0. The highest BCUT2D eigenvalue weighted by Gasteiger charge is 2.29. The van der Waals surface area contributed by atoms with Gasteiger partial charge in [0.2, 0.25) is 0 Å². The average molecular weight is 320 g/mol. The zero-order valence-corrected chi connectivity index (χ0v) is 12.6. The van der Waals surface area contributed by atoms with Crippen molar-refractivity contribution in [3.05, 3.63) is 40.6 Å². The van der Waals surface area contributed by atoms with Crippen LogP contribution in [0, 0.1) is 12.8 Å². The highest BCUT2D eigenvalue weighted by Crippen LogP contribution is 2.28. The quantitative estimate of drug-likeness (QED) is 0.899. The average Bonchev–Trinajstić information content (AvgIpc) is 2.69. The van der Waals surface area contributed by atoms with Crippen molar-refractivity contribution in [1.82, 2.24) is 5.32 Å². The highest BCUT2D eigenvalue weighted by molar-refractivity contribution is 6.30. The van der Waals surface area contributed by atoms with Crippen LogP contribution in [-0.2, 0) is 6.42 Å². The summed E-state index contributed by atoms with van der Waals surface area (Å²) in [5.74, 6) is 0.493. The van der Waals surface area contributed by atoms with Gasteiger partial charge in [-0.05, 0) is 30.5 Å². The number of aryl methyl sites for hydroxylation is 1. The zero-order chi connectivity index (χ0) is 15.6. The molecule has 21 heavy (non-hydrogen) atoms. The number of rotatable bonds is 4. The third-order valence-electron chi connectivity index (χ3n) is 3.56. The fourth-order valence-electron chi connectivity index (χ4n) is 2.30. The molecule has 6 heteroatoms. The molecule has 0 saturated heterocycles. The molecule has 0 aromatic heterocycles. The fraction of sp³-hybridized carbons (Fsp3) is 0.467. The first-order valence-corrected chi connectivity index (χ1v) is 7.05. The van der Waals surface area contributed by atoms with Gasteiger partial charge < -0.3 is 10.1 Å². The van der Waals surface area contributed by atoms with Crippen molar-refractivity contribution in [1.29, 1.82) is 0 Å². The molecular weight excluding hydrogens is 303 g/mol. The predicted molar refractivity (Wildman–Crippen MR) is 76.5 cm³/mol. The van der Waals surface area contributed by atoms with Crippen molar-refractivity contribution in [3.8, 4) is 5.75 Å². The van der Waals surface area contributed by atoms with Crippen molar-refractivity contribution in [2.75, 3.05) is 6.61 Å². The van der Waals surface area contributed by atoms with Gasteiger partial charge >= 0.3 is 6.18 Å². The number of alkyl halides is 3. The minimum absolute atomic E-state index is 0.207. The smallest absolute Gasteiger partial charge is 0.422 e. The summed E-state index contributed by atoms with van der Waals surface area (Å²) in [5, 5.41) is 4.00. The first-order valence-electron chi connectivity index (χ1n) is 6.67. The standard InChI is InChI=1S/C15H17ClF3NO/c1-9-5-11(6-13-10(2)12(16)7-20-13)3-4-14(9)21-8-15(17,18)19/h3-5,7,10,13,20H,6,8H2,1-2H3. The molecule has 1 N–H and O–H groups in total. The molecule has 116 valence electrons. The molecule has 1 aromatic rings. The maximum atomic E-state index is 12.2. The van der Waals surface area contributed by atoms with Crippen LogP contribution in [0.3, 0.4) is 0 Å². The molecule has 0 bridgehead atoms. The maximum absolute atomic E-state index is 12.2. The molecule has 1 heterocycles. The van der Waals surface area contributed by atoms with E-state index in [4.69, 9.17) is 16.3 Å². The van der Waals surface area contributed by atoms with Gasteiger partial charge in [0.05, 0.1) is 0 Å². The molecule has 1 aromatic carbocycles. The summed E-state index contributed by atoms with van der Waals surface area (Å²) in [4.78, 5) is 0. The van der Waals surface area contributed by atoms with Crippen LogP contribution in [0.25, 0.3) is 0 Å². The van der Waals surface area contributed by atoms with Crippen molar-refractivity contribution < 1.29 is 17.9 Å². The van der Waals surface area contributed by atoms with Gasteiger partial charge in [-0.3, -0.25) is 0 Å². The Labute approximate surface area is 126 Å². The molecule has 1 aliphatic rings. The highest BCUT2D eigenvalue weighted by atomic mass is 35.5. The second-order valence-electron chi connectivity index (χ2n) is 5.30. The molecule has 0 fully saturated rings. The van der Waals surface area contributed by atoms with Gasteiger partial charge in [0.15, 0.2) is 6.61 Å².